The first-order valence-electron chi connectivity index (χ1n) is 12.1. The Morgan fingerprint density at radius 1 is 0.781 bits per heavy atom. The molecule has 0 bridgehead atoms. The first kappa shape index (κ1) is 22.8. The molecule has 3 aliphatic rings. The third-order valence-corrected chi connectivity index (χ3v) is 7.07. The molecule has 3 fully saturated rings. The summed E-state index contributed by atoms with van der Waals surface area (Å²) in [6.07, 6.45) is 4.44. The van der Waals surface area contributed by atoms with Gasteiger partial charge in [-0.25, -0.2) is 0 Å². The number of hydrogen-bond donors (Lipinski definition) is 0. The highest BCUT2D eigenvalue weighted by atomic mass is 16.5. The van der Waals surface area contributed by atoms with E-state index in [9.17, 15) is 14.4 Å². The average molecular weight is 442 g/mol. The van der Waals surface area contributed by atoms with Crippen molar-refractivity contribution < 1.29 is 19.1 Å². The Balaban J connectivity index is 1.23. The third kappa shape index (κ3) is 5.68. The van der Waals surface area contributed by atoms with Gasteiger partial charge in [-0.15, -0.1) is 0 Å². The fraction of sp³-hybridized carbons (Fsp3) is 0.640. The fourth-order valence-corrected chi connectivity index (χ4v) is 5.11. The summed E-state index contributed by atoms with van der Waals surface area (Å²) in [5, 5.41) is 0. The molecule has 3 saturated heterocycles. The number of morpholine rings is 1. The molecule has 0 N–H and O–H groups in total. The molecule has 4 rings (SSSR count). The van der Waals surface area contributed by atoms with Crippen LogP contribution in [-0.4, -0.2) is 84.9 Å². The zero-order chi connectivity index (χ0) is 22.3. The molecule has 1 unspecified atom stereocenters. The largest absolute Gasteiger partial charge is 0.378 e. The van der Waals surface area contributed by atoms with Crippen molar-refractivity contribution in [2.24, 2.45) is 11.8 Å². The molecule has 3 amide bonds. The molecule has 0 radical (unpaired) electrons. The minimum Gasteiger partial charge on any atom is -0.378 e. The van der Waals surface area contributed by atoms with Crippen LogP contribution < -0.4 is 0 Å². The normalized spacial score (nSPS) is 22.6. The first-order valence-corrected chi connectivity index (χ1v) is 12.1. The van der Waals surface area contributed by atoms with E-state index in [1.54, 1.807) is 0 Å². The molecule has 3 aliphatic heterocycles. The van der Waals surface area contributed by atoms with Crippen LogP contribution in [0.1, 0.15) is 37.7 Å². The number of rotatable bonds is 5. The number of ether oxygens (including phenoxy) is 1. The van der Waals surface area contributed by atoms with E-state index >= 15 is 0 Å². The predicted octanol–water partition coefficient (Wildman–Crippen LogP) is 1.96. The van der Waals surface area contributed by atoms with Gasteiger partial charge in [-0.05, 0) is 37.7 Å². The van der Waals surface area contributed by atoms with Crippen molar-refractivity contribution in [3.8, 4) is 0 Å². The highest BCUT2D eigenvalue weighted by Crippen LogP contribution is 2.25. The SMILES string of the molecule is O=C(CCc1ccccc1)N1CCC(C(=O)N2CCCC(C(=O)N3CCOCC3)C2)CC1. The lowest BCUT2D eigenvalue weighted by Gasteiger charge is -2.39. The van der Waals surface area contributed by atoms with E-state index in [0.717, 1.165) is 25.8 Å². The van der Waals surface area contributed by atoms with E-state index in [1.165, 1.54) is 5.56 Å². The first-order chi connectivity index (χ1) is 15.6. The van der Waals surface area contributed by atoms with Gasteiger partial charge in [0.25, 0.3) is 0 Å². The molecule has 32 heavy (non-hydrogen) atoms. The van der Waals surface area contributed by atoms with Crippen molar-refractivity contribution >= 4 is 17.7 Å². The van der Waals surface area contributed by atoms with Gasteiger partial charge in [0.05, 0.1) is 19.1 Å². The molecule has 7 nitrogen and oxygen atoms in total. The average Bonchev–Trinajstić information content (AvgIpc) is 2.87. The van der Waals surface area contributed by atoms with Crippen LogP contribution in [0.3, 0.4) is 0 Å². The summed E-state index contributed by atoms with van der Waals surface area (Å²) in [6, 6.07) is 10.1. The number of aryl methyl sites for hydroxylation is 1. The maximum atomic E-state index is 13.2. The van der Waals surface area contributed by atoms with Crippen LogP contribution in [0.2, 0.25) is 0 Å². The van der Waals surface area contributed by atoms with Gasteiger partial charge in [0.1, 0.15) is 0 Å². The van der Waals surface area contributed by atoms with E-state index in [-0.39, 0.29) is 29.6 Å². The van der Waals surface area contributed by atoms with Gasteiger partial charge in [0.2, 0.25) is 17.7 Å². The number of amides is 3. The summed E-state index contributed by atoms with van der Waals surface area (Å²) in [7, 11) is 0. The minimum absolute atomic E-state index is 0.0367. The van der Waals surface area contributed by atoms with Crippen molar-refractivity contribution in [3.63, 3.8) is 0 Å². The molecule has 174 valence electrons. The second kappa shape index (κ2) is 10.9. The Kier molecular flexibility index (Phi) is 7.79. The summed E-state index contributed by atoms with van der Waals surface area (Å²) >= 11 is 0. The lowest BCUT2D eigenvalue weighted by atomic mass is 9.91. The number of piperidine rings is 2. The molecule has 1 atom stereocenters. The van der Waals surface area contributed by atoms with Gasteiger partial charge in [0.15, 0.2) is 0 Å². The molecule has 0 aliphatic carbocycles. The van der Waals surface area contributed by atoms with Gasteiger partial charge < -0.3 is 19.4 Å². The quantitative estimate of drug-likeness (QED) is 0.700. The Labute approximate surface area is 190 Å². The molecule has 0 spiro atoms. The Bertz CT molecular complexity index is 786. The summed E-state index contributed by atoms with van der Waals surface area (Å²) in [5.74, 6) is 0.384. The van der Waals surface area contributed by atoms with Gasteiger partial charge in [-0.2, -0.15) is 0 Å². The lowest BCUT2D eigenvalue weighted by molar-refractivity contribution is -0.147. The van der Waals surface area contributed by atoms with Crippen molar-refractivity contribution in [2.45, 2.75) is 38.5 Å². The zero-order valence-electron chi connectivity index (χ0n) is 18.9. The van der Waals surface area contributed by atoms with E-state index < -0.39 is 0 Å². The van der Waals surface area contributed by atoms with Crippen molar-refractivity contribution in [3.05, 3.63) is 35.9 Å². The maximum Gasteiger partial charge on any atom is 0.227 e. The highest BCUT2D eigenvalue weighted by molar-refractivity contribution is 5.83. The van der Waals surface area contributed by atoms with Crippen molar-refractivity contribution in [1.29, 1.82) is 0 Å². The second-order valence-electron chi connectivity index (χ2n) is 9.20. The van der Waals surface area contributed by atoms with Crippen molar-refractivity contribution in [2.75, 3.05) is 52.5 Å². The topological polar surface area (TPSA) is 70.2 Å². The van der Waals surface area contributed by atoms with E-state index in [1.807, 2.05) is 45.0 Å². The molecular weight excluding hydrogens is 406 g/mol. The molecule has 0 saturated carbocycles. The smallest absolute Gasteiger partial charge is 0.227 e. The fourth-order valence-electron chi connectivity index (χ4n) is 5.11. The number of carbonyl (C=O) groups excluding carboxylic acids is 3. The maximum absolute atomic E-state index is 13.2. The highest BCUT2D eigenvalue weighted by Gasteiger charge is 2.35. The van der Waals surface area contributed by atoms with Gasteiger partial charge in [0, 0.05) is 51.6 Å². The Morgan fingerprint density at radius 3 is 2.19 bits per heavy atom. The lowest BCUT2D eigenvalue weighted by Crippen LogP contribution is -2.51. The summed E-state index contributed by atoms with van der Waals surface area (Å²) in [5.41, 5.74) is 1.18. The number of nitrogens with zero attached hydrogens (tertiary/aromatic N) is 3. The summed E-state index contributed by atoms with van der Waals surface area (Å²) in [4.78, 5) is 44.3. The Morgan fingerprint density at radius 2 is 1.47 bits per heavy atom. The molecule has 0 aromatic heterocycles. The minimum atomic E-state index is -0.0922. The second-order valence-corrected chi connectivity index (χ2v) is 9.20. The van der Waals surface area contributed by atoms with Crippen LogP contribution in [0.25, 0.3) is 0 Å². The van der Waals surface area contributed by atoms with Gasteiger partial charge in [-0.3, -0.25) is 14.4 Å². The summed E-state index contributed by atoms with van der Waals surface area (Å²) in [6.45, 7) is 5.07. The third-order valence-electron chi connectivity index (χ3n) is 7.07. The van der Waals surface area contributed by atoms with Crippen LogP contribution in [0.4, 0.5) is 0 Å². The standard InChI is InChI=1S/C25H35N3O4/c29-23(9-8-20-5-2-1-3-6-20)26-13-10-21(11-14-26)24(30)28-12-4-7-22(19-28)25(31)27-15-17-32-18-16-27/h1-3,5-6,21-22H,4,7-19H2. The predicted molar refractivity (Wildman–Crippen MR) is 121 cm³/mol. The number of carbonyl (C=O) groups is 3. The van der Waals surface area contributed by atoms with E-state index in [0.29, 0.717) is 65.2 Å². The molecule has 3 heterocycles. The van der Waals surface area contributed by atoms with E-state index in [2.05, 4.69) is 0 Å². The van der Waals surface area contributed by atoms with Gasteiger partial charge in [-0.1, -0.05) is 30.3 Å². The molecule has 1 aromatic carbocycles. The number of hydrogen-bond acceptors (Lipinski definition) is 4. The number of likely N-dealkylation sites (tertiary alicyclic amines) is 2. The molecule has 7 heteroatoms. The van der Waals surface area contributed by atoms with Crippen LogP contribution in [-0.2, 0) is 25.5 Å². The number of benzene rings is 1. The summed E-state index contributed by atoms with van der Waals surface area (Å²) < 4.78 is 5.35. The molecular formula is C25H35N3O4. The van der Waals surface area contributed by atoms with Crippen molar-refractivity contribution in [1.82, 2.24) is 14.7 Å². The van der Waals surface area contributed by atoms with Crippen LogP contribution in [0, 0.1) is 11.8 Å². The Hall–Kier alpha value is -2.41. The van der Waals surface area contributed by atoms with Gasteiger partial charge >= 0.3 is 0 Å². The van der Waals surface area contributed by atoms with Crippen LogP contribution >= 0.6 is 0 Å². The zero-order valence-corrected chi connectivity index (χ0v) is 18.9. The monoisotopic (exact) mass is 441 g/mol. The van der Waals surface area contributed by atoms with E-state index in [4.69, 9.17) is 4.74 Å². The van der Waals surface area contributed by atoms with Crippen LogP contribution in [0.15, 0.2) is 30.3 Å². The van der Waals surface area contributed by atoms with Crippen LogP contribution in [0.5, 0.6) is 0 Å². The molecule has 1 aromatic rings.